The van der Waals surface area contributed by atoms with Gasteiger partial charge in [0.1, 0.15) is 5.69 Å². The van der Waals surface area contributed by atoms with Crippen molar-refractivity contribution < 1.29 is 9.90 Å². The average molecular weight is 225 g/mol. The van der Waals surface area contributed by atoms with Crippen LogP contribution in [0.3, 0.4) is 0 Å². The Bertz CT molecular complexity index is 497. The number of nitrogens with zero attached hydrogens (tertiary/aromatic N) is 3. The zero-order valence-electron chi connectivity index (χ0n) is 7.31. The van der Waals surface area contributed by atoms with Gasteiger partial charge in [-0.2, -0.15) is 0 Å². The number of rotatable bonds is 2. The maximum atomic E-state index is 10.8. The van der Waals surface area contributed by atoms with E-state index in [0.717, 1.165) is 0 Å². The molecule has 76 valence electrons. The molecule has 2 aromatic heterocycles. The first-order valence-electron chi connectivity index (χ1n) is 3.95. The Hall–Kier alpha value is -1.95. The molecule has 0 fully saturated rings. The van der Waals surface area contributed by atoms with Crippen molar-refractivity contribution in [1.29, 1.82) is 0 Å². The molecule has 15 heavy (non-hydrogen) atoms. The Labute approximate surface area is 88.9 Å². The van der Waals surface area contributed by atoms with Gasteiger partial charge in [-0.25, -0.2) is 9.78 Å². The lowest BCUT2D eigenvalue weighted by atomic mass is 10.2. The normalized spacial score (nSPS) is 10.2. The molecule has 0 unspecified atom stereocenters. The molecule has 0 bridgehead atoms. The minimum atomic E-state index is -1.18. The number of carbonyl (C=O) groups is 1. The third-order valence-electron chi connectivity index (χ3n) is 1.73. The van der Waals surface area contributed by atoms with Gasteiger partial charge in [-0.1, -0.05) is 16.8 Å². The monoisotopic (exact) mass is 224 g/mol. The van der Waals surface area contributed by atoms with Gasteiger partial charge < -0.3 is 5.11 Å². The molecule has 0 radical (unpaired) electrons. The fourth-order valence-electron chi connectivity index (χ4n) is 1.06. The number of nitrogens with one attached hydrogen (secondary N) is 1. The van der Waals surface area contributed by atoms with Crippen molar-refractivity contribution in [3.63, 3.8) is 0 Å². The van der Waals surface area contributed by atoms with Gasteiger partial charge in [-0.05, 0) is 12.1 Å². The molecule has 0 saturated heterocycles. The number of pyridine rings is 1. The quantitative estimate of drug-likeness (QED) is 0.800. The molecule has 0 aliphatic carbocycles. The van der Waals surface area contributed by atoms with Gasteiger partial charge in [0, 0.05) is 0 Å². The first kappa shape index (κ1) is 9.60. The van der Waals surface area contributed by atoms with Crippen molar-refractivity contribution >= 4 is 17.6 Å². The fourth-order valence-corrected chi connectivity index (χ4v) is 1.25. The van der Waals surface area contributed by atoms with Crippen LogP contribution >= 0.6 is 11.6 Å². The second kappa shape index (κ2) is 3.66. The van der Waals surface area contributed by atoms with Crippen molar-refractivity contribution in [2.24, 2.45) is 0 Å². The van der Waals surface area contributed by atoms with E-state index in [2.05, 4.69) is 20.4 Å². The summed E-state index contributed by atoms with van der Waals surface area (Å²) in [6, 6.07) is 3.04. The van der Waals surface area contributed by atoms with Crippen molar-refractivity contribution in [3.05, 3.63) is 29.0 Å². The zero-order valence-corrected chi connectivity index (χ0v) is 8.06. The zero-order chi connectivity index (χ0) is 10.8. The van der Waals surface area contributed by atoms with Crippen LogP contribution in [0.15, 0.2) is 18.3 Å². The lowest BCUT2D eigenvalue weighted by Gasteiger charge is -1.99. The molecule has 0 aliphatic heterocycles. The predicted octanol–water partition coefficient (Wildman–Crippen LogP) is 1.22. The largest absolute Gasteiger partial charge is 0.476 e. The maximum absolute atomic E-state index is 10.8. The minimum Gasteiger partial charge on any atom is -0.476 e. The van der Waals surface area contributed by atoms with Crippen molar-refractivity contribution in [2.45, 2.75) is 0 Å². The standard InChI is InChI=1S/C8H5ClN4O2/c9-4-1-2-5(6-3-10-13-12-6)11-7(4)8(14)15/h1-3H,(H,14,15)(H,10,12,13). The third kappa shape index (κ3) is 1.79. The van der Waals surface area contributed by atoms with Crippen LogP contribution < -0.4 is 0 Å². The highest BCUT2D eigenvalue weighted by Crippen LogP contribution is 2.19. The maximum Gasteiger partial charge on any atom is 0.356 e. The second-order valence-electron chi connectivity index (χ2n) is 2.69. The van der Waals surface area contributed by atoms with Gasteiger partial charge >= 0.3 is 5.97 Å². The highest BCUT2D eigenvalue weighted by molar-refractivity contribution is 6.33. The van der Waals surface area contributed by atoms with Crippen molar-refractivity contribution in [2.75, 3.05) is 0 Å². The van der Waals surface area contributed by atoms with Crippen LogP contribution in [-0.4, -0.2) is 31.5 Å². The van der Waals surface area contributed by atoms with Crippen molar-refractivity contribution in [3.8, 4) is 11.4 Å². The number of hydrogen-bond acceptors (Lipinski definition) is 4. The number of aromatic amines is 1. The van der Waals surface area contributed by atoms with Gasteiger partial charge in [-0.15, -0.1) is 5.10 Å². The number of H-pyrrole nitrogens is 1. The van der Waals surface area contributed by atoms with Crippen LogP contribution in [0.2, 0.25) is 5.02 Å². The lowest BCUT2D eigenvalue weighted by molar-refractivity contribution is 0.0691. The van der Waals surface area contributed by atoms with Crippen LogP contribution in [-0.2, 0) is 0 Å². The van der Waals surface area contributed by atoms with E-state index in [1.54, 1.807) is 6.07 Å². The number of aromatic carboxylic acids is 1. The van der Waals surface area contributed by atoms with Crippen molar-refractivity contribution in [1.82, 2.24) is 20.4 Å². The number of carboxylic acid groups (broad SMARTS) is 1. The third-order valence-corrected chi connectivity index (χ3v) is 2.03. The molecule has 0 aliphatic rings. The minimum absolute atomic E-state index is 0.0924. The molecule has 0 aromatic carbocycles. The molecule has 0 spiro atoms. The highest BCUT2D eigenvalue weighted by Gasteiger charge is 2.13. The van der Waals surface area contributed by atoms with E-state index >= 15 is 0 Å². The molecule has 2 N–H and O–H groups in total. The average Bonchev–Trinajstić information content (AvgIpc) is 2.71. The summed E-state index contributed by atoms with van der Waals surface area (Å²) in [6.07, 6.45) is 1.52. The Morgan fingerprint density at radius 1 is 1.40 bits per heavy atom. The van der Waals surface area contributed by atoms with Crippen LogP contribution in [0, 0.1) is 0 Å². The Morgan fingerprint density at radius 3 is 2.80 bits per heavy atom. The SMILES string of the molecule is O=C(O)c1nc(-c2c[nH]nn2)ccc1Cl. The molecular formula is C8H5ClN4O2. The number of hydrogen-bond donors (Lipinski definition) is 2. The number of carboxylic acids is 1. The number of aromatic nitrogens is 4. The Kier molecular flexibility index (Phi) is 2.34. The summed E-state index contributed by atoms with van der Waals surface area (Å²) < 4.78 is 0. The molecule has 2 heterocycles. The summed E-state index contributed by atoms with van der Waals surface area (Å²) >= 11 is 5.67. The van der Waals surface area contributed by atoms with E-state index in [1.807, 2.05) is 0 Å². The summed E-state index contributed by atoms with van der Waals surface area (Å²) in [7, 11) is 0. The summed E-state index contributed by atoms with van der Waals surface area (Å²) in [5, 5.41) is 18.6. The smallest absolute Gasteiger partial charge is 0.356 e. The second-order valence-corrected chi connectivity index (χ2v) is 3.10. The van der Waals surface area contributed by atoms with Crippen LogP contribution in [0.1, 0.15) is 10.5 Å². The van der Waals surface area contributed by atoms with E-state index in [-0.39, 0.29) is 10.7 Å². The van der Waals surface area contributed by atoms with E-state index in [0.29, 0.717) is 11.4 Å². The van der Waals surface area contributed by atoms with E-state index in [9.17, 15) is 4.79 Å². The molecule has 0 saturated carbocycles. The molecule has 7 heteroatoms. The molecule has 2 aromatic rings. The molecule has 0 amide bonds. The summed E-state index contributed by atoms with van der Waals surface area (Å²) in [5.74, 6) is -1.18. The van der Waals surface area contributed by atoms with Gasteiger partial charge in [0.05, 0.1) is 16.9 Å². The van der Waals surface area contributed by atoms with E-state index < -0.39 is 5.97 Å². The first-order valence-corrected chi connectivity index (χ1v) is 4.33. The first-order chi connectivity index (χ1) is 7.18. The summed E-state index contributed by atoms with van der Waals surface area (Å²) in [4.78, 5) is 14.6. The lowest BCUT2D eigenvalue weighted by Crippen LogP contribution is -2.02. The fraction of sp³-hybridized carbons (Fsp3) is 0. The molecule has 6 nitrogen and oxygen atoms in total. The van der Waals surface area contributed by atoms with E-state index in [4.69, 9.17) is 16.7 Å². The van der Waals surface area contributed by atoms with Gasteiger partial charge in [0.15, 0.2) is 5.69 Å². The molecule has 2 rings (SSSR count). The Morgan fingerprint density at radius 2 is 2.20 bits per heavy atom. The van der Waals surface area contributed by atoms with Crippen LogP contribution in [0.25, 0.3) is 11.4 Å². The Balaban J connectivity index is 2.52. The highest BCUT2D eigenvalue weighted by atomic mass is 35.5. The molecule has 0 atom stereocenters. The van der Waals surface area contributed by atoms with Gasteiger partial charge in [0.25, 0.3) is 0 Å². The van der Waals surface area contributed by atoms with E-state index in [1.165, 1.54) is 12.3 Å². The number of halogens is 1. The summed E-state index contributed by atoms with van der Waals surface area (Å²) in [5.41, 5.74) is 0.678. The van der Waals surface area contributed by atoms with Gasteiger partial charge in [0.2, 0.25) is 0 Å². The van der Waals surface area contributed by atoms with Crippen LogP contribution in [0.5, 0.6) is 0 Å². The molecular weight excluding hydrogens is 220 g/mol. The van der Waals surface area contributed by atoms with Crippen LogP contribution in [0.4, 0.5) is 0 Å². The van der Waals surface area contributed by atoms with Gasteiger partial charge in [-0.3, -0.25) is 5.10 Å². The predicted molar refractivity (Wildman–Crippen MR) is 51.6 cm³/mol. The topological polar surface area (TPSA) is 91.8 Å². The summed E-state index contributed by atoms with van der Waals surface area (Å²) in [6.45, 7) is 0.